The Morgan fingerprint density at radius 2 is 1.16 bits per heavy atom. The lowest BCUT2D eigenvalue weighted by atomic mass is 9.94. The van der Waals surface area contributed by atoms with E-state index in [1.807, 2.05) is 60.7 Å². The van der Waals surface area contributed by atoms with E-state index in [4.69, 9.17) is 19.3 Å². The maximum absolute atomic E-state index is 12.9. The topological polar surface area (TPSA) is 102 Å². The van der Waals surface area contributed by atoms with Crippen LogP contribution >= 0.6 is 0 Å². The Bertz CT molecular complexity index is 1080. The predicted octanol–water partition coefficient (Wildman–Crippen LogP) is 8.10. The third-order valence-corrected chi connectivity index (χ3v) is 7.99. The lowest BCUT2D eigenvalue weighted by molar-refractivity contribution is -0.146. The SMILES string of the molecule is O=C(O)CCCCCCCCCCCCCCC[C@@H](CO)[C@H]1OC(=O)C(OCc2ccccc2)=C1OCc1ccccc1. The van der Waals surface area contributed by atoms with Crippen LogP contribution in [-0.4, -0.2) is 34.9 Å². The number of carboxylic acid groups (broad SMARTS) is 1. The molecule has 2 atom stereocenters. The van der Waals surface area contributed by atoms with E-state index in [1.54, 1.807) is 0 Å². The van der Waals surface area contributed by atoms with Crippen LogP contribution in [0.4, 0.5) is 0 Å². The van der Waals surface area contributed by atoms with Crippen molar-refractivity contribution < 1.29 is 34.0 Å². The summed E-state index contributed by atoms with van der Waals surface area (Å²) in [6.07, 6.45) is 15.2. The predicted molar refractivity (Wildman–Crippen MR) is 167 cm³/mol. The lowest BCUT2D eigenvalue weighted by Gasteiger charge is -2.23. The zero-order valence-electron chi connectivity index (χ0n) is 25.6. The summed E-state index contributed by atoms with van der Waals surface area (Å²) in [4.78, 5) is 23.4. The molecule has 0 saturated heterocycles. The second-order valence-corrected chi connectivity index (χ2v) is 11.5. The molecular weight excluding hydrogens is 544 g/mol. The molecule has 0 spiro atoms. The van der Waals surface area contributed by atoms with Crippen molar-refractivity contribution in [3.8, 4) is 0 Å². The van der Waals surface area contributed by atoms with Crippen LogP contribution in [0.1, 0.15) is 107 Å². The van der Waals surface area contributed by atoms with Crippen LogP contribution in [0.25, 0.3) is 0 Å². The molecule has 0 fully saturated rings. The van der Waals surface area contributed by atoms with E-state index in [0.717, 1.165) is 56.1 Å². The minimum atomic E-state index is -0.693. The first-order valence-electron chi connectivity index (χ1n) is 16.2. The van der Waals surface area contributed by atoms with Gasteiger partial charge in [-0.15, -0.1) is 0 Å². The standard InChI is InChI=1S/C36H50O7/c37-26-31(24-18-10-8-6-4-2-1-3-5-7-9-11-19-25-32(38)39)33-34(41-27-29-20-14-12-15-21-29)35(36(40)43-33)42-28-30-22-16-13-17-23-30/h12-17,20-23,31,33,37H,1-11,18-19,24-28H2,(H,38,39)/t31-,33+/m0/s1. The number of hydrogen-bond acceptors (Lipinski definition) is 6. The molecule has 236 valence electrons. The fourth-order valence-electron chi connectivity index (χ4n) is 5.47. The number of unbranched alkanes of at least 4 members (excludes halogenated alkanes) is 12. The van der Waals surface area contributed by atoms with Gasteiger partial charge < -0.3 is 24.4 Å². The maximum atomic E-state index is 12.9. The highest BCUT2D eigenvalue weighted by Crippen LogP contribution is 2.33. The quantitative estimate of drug-likeness (QED) is 0.0935. The highest BCUT2D eigenvalue weighted by Gasteiger charge is 2.42. The molecule has 2 N–H and O–H groups in total. The molecule has 2 aromatic carbocycles. The summed E-state index contributed by atoms with van der Waals surface area (Å²) >= 11 is 0. The van der Waals surface area contributed by atoms with Gasteiger partial charge in [-0.25, -0.2) is 4.79 Å². The van der Waals surface area contributed by atoms with Crippen LogP contribution in [0.3, 0.4) is 0 Å². The summed E-state index contributed by atoms with van der Waals surface area (Å²) in [5, 5.41) is 18.9. The van der Waals surface area contributed by atoms with E-state index >= 15 is 0 Å². The van der Waals surface area contributed by atoms with E-state index in [-0.39, 0.29) is 31.5 Å². The molecule has 0 aromatic heterocycles. The van der Waals surface area contributed by atoms with Gasteiger partial charge in [0, 0.05) is 18.9 Å². The fourth-order valence-corrected chi connectivity index (χ4v) is 5.47. The highest BCUT2D eigenvalue weighted by molar-refractivity contribution is 5.89. The third kappa shape index (κ3) is 13.2. The first-order valence-corrected chi connectivity index (χ1v) is 16.2. The summed E-state index contributed by atoms with van der Waals surface area (Å²) in [6, 6.07) is 19.4. The van der Waals surface area contributed by atoms with Gasteiger partial charge in [-0.3, -0.25) is 4.79 Å². The fraction of sp³-hybridized carbons (Fsp3) is 0.556. The van der Waals surface area contributed by atoms with E-state index in [2.05, 4.69) is 0 Å². The molecule has 0 saturated carbocycles. The number of carbonyl (C=O) groups is 2. The normalized spacial score (nSPS) is 15.4. The van der Waals surface area contributed by atoms with Gasteiger partial charge in [-0.1, -0.05) is 138 Å². The molecule has 2 aromatic rings. The van der Waals surface area contributed by atoms with Gasteiger partial charge >= 0.3 is 11.9 Å². The van der Waals surface area contributed by atoms with Crippen molar-refractivity contribution in [1.82, 2.24) is 0 Å². The van der Waals surface area contributed by atoms with E-state index in [0.29, 0.717) is 12.2 Å². The number of cyclic esters (lactones) is 1. The number of aliphatic carboxylic acids is 1. The van der Waals surface area contributed by atoms with Gasteiger partial charge in [0.25, 0.3) is 0 Å². The van der Waals surface area contributed by atoms with E-state index < -0.39 is 18.0 Å². The zero-order valence-corrected chi connectivity index (χ0v) is 25.6. The van der Waals surface area contributed by atoms with Crippen molar-refractivity contribution in [2.75, 3.05) is 6.61 Å². The molecule has 0 aliphatic carbocycles. The molecule has 0 bridgehead atoms. The number of hydrogen-bond donors (Lipinski definition) is 2. The summed E-state index contributed by atoms with van der Waals surface area (Å²) in [7, 11) is 0. The van der Waals surface area contributed by atoms with Gasteiger partial charge in [0.1, 0.15) is 13.2 Å². The Labute approximate surface area is 257 Å². The van der Waals surface area contributed by atoms with Gasteiger partial charge in [0.15, 0.2) is 11.9 Å². The van der Waals surface area contributed by atoms with Crippen molar-refractivity contribution in [1.29, 1.82) is 0 Å². The third-order valence-electron chi connectivity index (χ3n) is 7.99. The number of carboxylic acids is 1. The largest absolute Gasteiger partial charge is 0.485 e. The Morgan fingerprint density at radius 3 is 1.65 bits per heavy atom. The molecule has 0 amide bonds. The molecule has 1 aliphatic rings. The van der Waals surface area contributed by atoms with Crippen LogP contribution < -0.4 is 0 Å². The van der Waals surface area contributed by atoms with Gasteiger partial charge in [-0.05, 0) is 24.0 Å². The van der Waals surface area contributed by atoms with Crippen molar-refractivity contribution in [3.05, 3.63) is 83.3 Å². The number of carbonyl (C=O) groups excluding carboxylic acids is 1. The van der Waals surface area contributed by atoms with Gasteiger partial charge in [-0.2, -0.15) is 0 Å². The molecule has 3 rings (SSSR count). The molecule has 7 heteroatoms. The number of rotatable bonds is 24. The Kier molecular flexibility index (Phi) is 16.3. The van der Waals surface area contributed by atoms with Crippen molar-refractivity contribution in [2.24, 2.45) is 5.92 Å². The average Bonchev–Trinajstić information content (AvgIpc) is 3.34. The number of ether oxygens (including phenoxy) is 3. The van der Waals surface area contributed by atoms with Crippen LogP contribution in [0.15, 0.2) is 72.2 Å². The van der Waals surface area contributed by atoms with E-state index in [1.165, 1.54) is 44.9 Å². The van der Waals surface area contributed by atoms with E-state index in [9.17, 15) is 14.7 Å². The number of aliphatic hydroxyl groups is 1. The Morgan fingerprint density at radius 1 is 0.698 bits per heavy atom. The van der Waals surface area contributed by atoms with Crippen molar-refractivity contribution in [3.63, 3.8) is 0 Å². The summed E-state index contributed by atoms with van der Waals surface area (Å²) in [5.74, 6) is -1.01. The minimum absolute atomic E-state index is 0.0956. The molecule has 0 radical (unpaired) electrons. The molecule has 43 heavy (non-hydrogen) atoms. The summed E-state index contributed by atoms with van der Waals surface area (Å²) < 4.78 is 17.9. The smallest absolute Gasteiger partial charge is 0.378 e. The Balaban J connectivity index is 1.38. The Hall–Kier alpha value is -3.32. The highest BCUT2D eigenvalue weighted by atomic mass is 16.6. The molecule has 1 aliphatic heterocycles. The van der Waals surface area contributed by atoms with Crippen LogP contribution in [0.5, 0.6) is 0 Å². The molecule has 0 unspecified atom stereocenters. The van der Waals surface area contributed by atoms with Crippen LogP contribution in [0, 0.1) is 5.92 Å². The number of benzene rings is 2. The molecular formula is C36H50O7. The monoisotopic (exact) mass is 594 g/mol. The van der Waals surface area contributed by atoms with Crippen LogP contribution in [-0.2, 0) is 37.0 Å². The average molecular weight is 595 g/mol. The first-order chi connectivity index (χ1) is 21.1. The molecule has 7 nitrogen and oxygen atoms in total. The summed E-state index contributed by atoms with van der Waals surface area (Å²) in [5.41, 5.74) is 1.92. The van der Waals surface area contributed by atoms with Crippen molar-refractivity contribution >= 4 is 11.9 Å². The second-order valence-electron chi connectivity index (χ2n) is 11.5. The summed E-state index contributed by atoms with van der Waals surface area (Å²) in [6.45, 7) is 0.419. The lowest BCUT2D eigenvalue weighted by Crippen LogP contribution is -2.27. The minimum Gasteiger partial charge on any atom is -0.485 e. The zero-order chi connectivity index (χ0) is 30.5. The maximum Gasteiger partial charge on any atom is 0.378 e. The first kappa shape index (κ1) is 34.2. The van der Waals surface area contributed by atoms with Gasteiger partial charge in [0.2, 0.25) is 5.76 Å². The van der Waals surface area contributed by atoms with Crippen molar-refractivity contribution in [2.45, 2.75) is 116 Å². The second kappa shape index (κ2) is 20.6. The molecule has 1 heterocycles. The number of esters is 1. The van der Waals surface area contributed by atoms with Gasteiger partial charge in [0.05, 0.1) is 0 Å². The number of aliphatic hydroxyl groups excluding tert-OH is 1. The van der Waals surface area contributed by atoms with Crippen LogP contribution in [0.2, 0.25) is 0 Å².